The third-order valence-electron chi connectivity index (χ3n) is 2.97. The van der Waals surface area contributed by atoms with Crippen LogP contribution in [0.4, 0.5) is 0 Å². The van der Waals surface area contributed by atoms with Gasteiger partial charge in [-0.05, 0) is 32.7 Å². The fraction of sp³-hybridized carbons (Fsp3) is 0.917. The average Bonchev–Trinajstić information content (AvgIpc) is 2.19. The van der Waals surface area contributed by atoms with Crippen molar-refractivity contribution in [3.05, 3.63) is 0 Å². The minimum atomic E-state index is 0.204. The molecule has 88 valence electrons. The van der Waals surface area contributed by atoms with Crippen LogP contribution in [0.25, 0.3) is 0 Å². The van der Waals surface area contributed by atoms with Crippen molar-refractivity contribution in [3.63, 3.8) is 0 Å². The van der Waals surface area contributed by atoms with Crippen LogP contribution in [0.2, 0.25) is 0 Å². The summed E-state index contributed by atoms with van der Waals surface area (Å²) < 4.78 is 0. The fourth-order valence-electron chi connectivity index (χ4n) is 2.16. The molecule has 2 N–H and O–H groups in total. The zero-order chi connectivity index (χ0) is 11.1. The number of rotatable bonds is 5. The quantitative estimate of drug-likeness (QED) is 0.730. The Hall–Kier alpha value is -0.570. The van der Waals surface area contributed by atoms with Crippen LogP contribution in [0.1, 0.15) is 52.4 Å². The molecule has 0 bridgehead atoms. The minimum absolute atomic E-state index is 0.204. The van der Waals surface area contributed by atoms with E-state index in [2.05, 4.69) is 24.5 Å². The first-order valence-corrected chi connectivity index (χ1v) is 6.25. The normalized spacial score (nSPS) is 23.5. The van der Waals surface area contributed by atoms with Crippen molar-refractivity contribution in [2.75, 3.05) is 6.54 Å². The topological polar surface area (TPSA) is 41.1 Å². The van der Waals surface area contributed by atoms with E-state index in [9.17, 15) is 4.79 Å². The number of nitrogens with one attached hydrogen (secondary N) is 2. The van der Waals surface area contributed by atoms with Crippen molar-refractivity contribution in [3.8, 4) is 0 Å². The van der Waals surface area contributed by atoms with Crippen LogP contribution in [-0.2, 0) is 4.79 Å². The van der Waals surface area contributed by atoms with Crippen molar-refractivity contribution < 1.29 is 4.79 Å². The molecular formula is C12H24N2O. The molecule has 2 unspecified atom stereocenters. The summed E-state index contributed by atoms with van der Waals surface area (Å²) in [5.41, 5.74) is 0. The van der Waals surface area contributed by atoms with Crippen molar-refractivity contribution >= 4 is 5.91 Å². The molecule has 1 aliphatic heterocycles. The van der Waals surface area contributed by atoms with Crippen molar-refractivity contribution in [2.24, 2.45) is 0 Å². The summed E-state index contributed by atoms with van der Waals surface area (Å²) >= 11 is 0. The molecule has 1 rings (SSSR count). The number of hydrogen-bond acceptors (Lipinski definition) is 2. The predicted octanol–water partition coefficient (Wildman–Crippen LogP) is 1.82. The molecule has 1 amide bonds. The molecule has 1 saturated heterocycles. The third-order valence-corrected chi connectivity index (χ3v) is 2.97. The van der Waals surface area contributed by atoms with Crippen LogP contribution in [0.15, 0.2) is 0 Å². The predicted molar refractivity (Wildman–Crippen MR) is 62.8 cm³/mol. The fourth-order valence-corrected chi connectivity index (χ4v) is 2.16. The van der Waals surface area contributed by atoms with E-state index in [1.54, 1.807) is 0 Å². The lowest BCUT2D eigenvalue weighted by Crippen LogP contribution is -2.41. The highest BCUT2D eigenvalue weighted by atomic mass is 16.1. The second-order valence-corrected chi connectivity index (χ2v) is 4.61. The van der Waals surface area contributed by atoms with Gasteiger partial charge in [0.05, 0.1) is 0 Å². The Labute approximate surface area is 93.0 Å². The Bertz CT molecular complexity index is 188. The lowest BCUT2D eigenvalue weighted by atomic mass is 10.0. The number of amides is 1. The van der Waals surface area contributed by atoms with Crippen LogP contribution in [0, 0.1) is 0 Å². The highest BCUT2D eigenvalue weighted by Crippen LogP contribution is 2.10. The van der Waals surface area contributed by atoms with Crippen LogP contribution < -0.4 is 10.6 Å². The van der Waals surface area contributed by atoms with Crippen LogP contribution in [0.3, 0.4) is 0 Å². The summed E-state index contributed by atoms with van der Waals surface area (Å²) in [7, 11) is 0. The molecule has 0 saturated carbocycles. The zero-order valence-corrected chi connectivity index (χ0v) is 10.0. The average molecular weight is 212 g/mol. The number of carbonyl (C=O) groups is 1. The maximum absolute atomic E-state index is 11.6. The Kier molecular flexibility index (Phi) is 5.69. The molecule has 2 atom stereocenters. The second-order valence-electron chi connectivity index (χ2n) is 4.61. The van der Waals surface area contributed by atoms with Crippen LogP contribution >= 0.6 is 0 Å². The minimum Gasteiger partial charge on any atom is -0.354 e. The summed E-state index contributed by atoms with van der Waals surface area (Å²) in [4.78, 5) is 11.6. The Morgan fingerprint density at radius 1 is 1.53 bits per heavy atom. The van der Waals surface area contributed by atoms with Gasteiger partial charge in [-0.1, -0.05) is 19.8 Å². The summed E-state index contributed by atoms with van der Waals surface area (Å²) in [6, 6.07) is 0.735. The van der Waals surface area contributed by atoms with Crippen LogP contribution in [0.5, 0.6) is 0 Å². The van der Waals surface area contributed by atoms with Gasteiger partial charge in [-0.2, -0.15) is 0 Å². The standard InChI is InChI=1S/C12H24N2O/c1-3-6-10(2)14-12(15)9-11-7-4-5-8-13-11/h10-11,13H,3-9H2,1-2H3,(H,14,15). The van der Waals surface area contributed by atoms with Gasteiger partial charge >= 0.3 is 0 Å². The first kappa shape index (κ1) is 12.5. The van der Waals surface area contributed by atoms with Gasteiger partial charge in [0.25, 0.3) is 0 Å². The monoisotopic (exact) mass is 212 g/mol. The van der Waals surface area contributed by atoms with Crippen molar-refractivity contribution in [1.29, 1.82) is 0 Å². The maximum atomic E-state index is 11.6. The highest BCUT2D eigenvalue weighted by molar-refractivity contribution is 5.76. The molecule has 3 heteroatoms. The number of carbonyl (C=O) groups excluding carboxylic acids is 1. The summed E-state index contributed by atoms with van der Waals surface area (Å²) in [6.07, 6.45) is 6.51. The summed E-state index contributed by atoms with van der Waals surface area (Å²) in [5.74, 6) is 0.204. The summed E-state index contributed by atoms with van der Waals surface area (Å²) in [6.45, 7) is 5.30. The van der Waals surface area contributed by atoms with E-state index >= 15 is 0 Å². The Balaban J connectivity index is 2.16. The van der Waals surface area contributed by atoms with Crippen molar-refractivity contribution in [2.45, 2.75) is 64.5 Å². The lowest BCUT2D eigenvalue weighted by molar-refractivity contribution is -0.122. The third kappa shape index (κ3) is 5.17. The number of hydrogen-bond donors (Lipinski definition) is 2. The second kappa shape index (κ2) is 6.83. The van der Waals surface area contributed by atoms with E-state index in [-0.39, 0.29) is 5.91 Å². The molecule has 1 heterocycles. The van der Waals surface area contributed by atoms with Gasteiger partial charge in [0.15, 0.2) is 0 Å². The van der Waals surface area contributed by atoms with Gasteiger partial charge in [0.2, 0.25) is 5.91 Å². The largest absolute Gasteiger partial charge is 0.354 e. The van der Waals surface area contributed by atoms with Gasteiger partial charge in [-0.15, -0.1) is 0 Å². The highest BCUT2D eigenvalue weighted by Gasteiger charge is 2.16. The first-order chi connectivity index (χ1) is 7.22. The number of piperidine rings is 1. The molecule has 0 aromatic heterocycles. The zero-order valence-electron chi connectivity index (χ0n) is 10.0. The van der Waals surface area contributed by atoms with E-state index in [4.69, 9.17) is 0 Å². The van der Waals surface area contributed by atoms with Gasteiger partial charge in [-0.3, -0.25) is 4.79 Å². The molecule has 3 nitrogen and oxygen atoms in total. The smallest absolute Gasteiger partial charge is 0.221 e. The van der Waals surface area contributed by atoms with E-state index < -0.39 is 0 Å². The molecule has 1 aliphatic rings. The molecule has 0 aromatic rings. The Morgan fingerprint density at radius 3 is 2.93 bits per heavy atom. The molecule has 15 heavy (non-hydrogen) atoms. The maximum Gasteiger partial charge on any atom is 0.221 e. The Morgan fingerprint density at radius 2 is 2.33 bits per heavy atom. The molecule has 0 spiro atoms. The van der Waals surface area contributed by atoms with Gasteiger partial charge in [0.1, 0.15) is 0 Å². The van der Waals surface area contributed by atoms with E-state index in [0.29, 0.717) is 18.5 Å². The van der Waals surface area contributed by atoms with Gasteiger partial charge in [0, 0.05) is 18.5 Å². The van der Waals surface area contributed by atoms with Crippen molar-refractivity contribution in [1.82, 2.24) is 10.6 Å². The summed E-state index contributed by atoms with van der Waals surface area (Å²) in [5, 5.41) is 6.44. The first-order valence-electron chi connectivity index (χ1n) is 6.25. The molecule has 0 aromatic carbocycles. The van der Waals surface area contributed by atoms with Gasteiger partial charge in [-0.25, -0.2) is 0 Å². The molecule has 0 radical (unpaired) electrons. The van der Waals surface area contributed by atoms with E-state index in [1.807, 2.05) is 0 Å². The SMILES string of the molecule is CCCC(C)NC(=O)CC1CCCCN1. The molecule has 1 fully saturated rings. The van der Waals surface area contributed by atoms with E-state index in [1.165, 1.54) is 12.8 Å². The molecular weight excluding hydrogens is 188 g/mol. The van der Waals surface area contributed by atoms with Gasteiger partial charge < -0.3 is 10.6 Å². The van der Waals surface area contributed by atoms with E-state index in [0.717, 1.165) is 25.8 Å². The molecule has 0 aliphatic carbocycles. The van der Waals surface area contributed by atoms with Crippen LogP contribution in [-0.4, -0.2) is 24.5 Å². The lowest BCUT2D eigenvalue weighted by Gasteiger charge is -2.23.